The number of rotatable bonds is 3. The maximum Gasteiger partial charge on any atom is 0.219 e. The van der Waals surface area contributed by atoms with Crippen molar-refractivity contribution in [1.29, 1.82) is 0 Å². The largest absolute Gasteiger partial charge is 0.481 e. The summed E-state index contributed by atoms with van der Waals surface area (Å²) in [4.78, 5) is 13.0. The molecule has 21 heavy (non-hydrogen) atoms. The molecular weight excluding hydrogens is 264 g/mol. The standard InChI is InChI=1S/C16H18N4O/c1-10-5-14-15(17-6-10)11(2)7-20(14)8-13-12(3)16(21-4)19-9-18-13/h5-7,9H,8H2,1-4H3. The molecule has 0 aliphatic heterocycles. The number of methoxy groups -OCH3 is 1. The Morgan fingerprint density at radius 1 is 1.14 bits per heavy atom. The summed E-state index contributed by atoms with van der Waals surface area (Å²) in [6.07, 6.45) is 5.56. The summed E-state index contributed by atoms with van der Waals surface area (Å²) >= 11 is 0. The lowest BCUT2D eigenvalue weighted by Gasteiger charge is -2.10. The van der Waals surface area contributed by atoms with Crippen molar-refractivity contribution in [2.75, 3.05) is 7.11 Å². The van der Waals surface area contributed by atoms with Crippen molar-refractivity contribution in [3.8, 4) is 5.88 Å². The molecule has 3 rings (SSSR count). The van der Waals surface area contributed by atoms with Gasteiger partial charge >= 0.3 is 0 Å². The number of nitrogens with zero attached hydrogens (tertiary/aromatic N) is 4. The molecule has 0 unspecified atom stereocenters. The fourth-order valence-corrected chi connectivity index (χ4v) is 2.57. The van der Waals surface area contributed by atoms with Gasteiger partial charge in [-0.3, -0.25) is 4.98 Å². The summed E-state index contributed by atoms with van der Waals surface area (Å²) in [5, 5.41) is 0. The minimum atomic E-state index is 0.627. The second-order valence-corrected chi connectivity index (χ2v) is 5.28. The number of ether oxygens (including phenoxy) is 1. The maximum atomic E-state index is 5.26. The quantitative estimate of drug-likeness (QED) is 0.741. The SMILES string of the molecule is COc1ncnc(Cn2cc(C)c3ncc(C)cc32)c1C. The molecule has 3 heterocycles. The Morgan fingerprint density at radius 2 is 1.95 bits per heavy atom. The molecule has 0 aliphatic rings. The normalized spacial score (nSPS) is 11.0. The molecule has 0 aromatic carbocycles. The first-order valence-electron chi connectivity index (χ1n) is 6.86. The Kier molecular flexibility index (Phi) is 3.33. The van der Waals surface area contributed by atoms with E-state index >= 15 is 0 Å². The van der Waals surface area contributed by atoms with E-state index in [4.69, 9.17) is 4.74 Å². The summed E-state index contributed by atoms with van der Waals surface area (Å²) in [5.41, 5.74) is 6.42. The predicted molar refractivity (Wildman–Crippen MR) is 81.6 cm³/mol. The molecule has 0 spiro atoms. The van der Waals surface area contributed by atoms with E-state index in [0.29, 0.717) is 12.4 Å². The highest BCUT2D eigenvalue weighted by Gasteiger charge is 2.11. The van der Waals surface area contributed by atoms with E-state index in [1.165, 1.54) is 5.56 Å². The first kappa shape index (κ1) is 13.5. The molecule has 0 fully saturated rings. The molecule has 5 nitrogen and oxygen atoms in total. The number of hydrogen-bond donors (Lipinski definition) is 0. The Morgan fingerprint density at radius 3 is 2.71 bits per heavy atom. The molecule has 0 radical (unpaired) electrons. The van der Waals surface area contributed by atoms with Crippen LogP contribution in [0.15, 0.2) is 24.8 Å². The molecule has 0 atom stereocenters. The van der Waals surface area contributed by atoms with E-state index in [-0.39, 0.29) is 0 Å². The van der Waals surface area contributed by atoms with Crippen molar-refractivity contribution < 1.29 is 4.74 Å². The average Bonchev–Trinajstić information content (AvgIpc) is 2.77. The second kappa shape index (κ2) is 5.16. The third-order valence-electron chi connectivity index (χ3n) is 3.69. The minimum absolute atomic E-state index is 0.627. The van der Waals surface area contributed by atoms with Gasteiger partial charge in [-0.1, -0.05) is 0 Å². The summed E-state index contributed by atoms with van der Waals surface area (Å²) in [7, 11) is 1.63. The van der Waals surface area contributed by atoms with Gasteiger partial charge in [-0.15, -0.1) is 0 Å². The lowest BCUT2D eigenvalue weighted by atomic mass is 10.2. The summed E-state index contributed by atoms with van der Waals surface area (Å²) in [6, 6.07) is 2.16. The molecule has 3 aromatic rings. The van der Waals surface area contributed by atoms with Crippen molar-refractivity contribution >= 4 is 11.0 Å². The van der Waals surface area contributed by atoms with Gasteiger partial charge in [0.1, 0.15) is 6.33 Å². The Bertz CT molecular complexity index is 807. The molecule has 0 saturated carbocycles. The summed E-state index contributed by atoms with van der Waals surface area (Å²) in [6.45, 7) is 6.79. The summed E-state index contributed by atoms with van der Waals surface area (Å²) in [5.74, 6) is 0.627. The average molecular weight is 282 g/mol. The fraction of sp³-hybridized carbons (Fsp3) is 0.312. The minimum Gasteiger partial charge on any atom is -0.481 e. The van der Waals surface area contributed by atoms with Gasteiger partial charge in [0.15, 0.2) is 0 Å². The predicted octanol–water partition coefficient (Wildman–Crippen LogP) is 2.81. The topological polar surface area (TPSA) is 52.8 Å². The van der Waals surface area contributed by atoms with Gasteiger partial charge in [-0.05, 0) is 38.0 Å². The Hall–Kier alpha value is -2.43. The van der Waals surface area contributed by atoms with E-state index in [9.17, 15) is 0 Å². The van der Waals surface area contributed by atoms with Crippen LogP contribution in [-0.4, -0.2) is 26.6 Å². The molecule has 0 N–H and O–H groups in total. The highest BCUT2D eigenvalue weighted by molar-refractivity contribution is 5.80. The Labute approximate surface area is 123 Å². The number of pyridine rings is 1. The van der Waals surface area contributed by atoms with Crippen LogP contribution in [0, 0.1) is 20.8 Å². The van der Waals surface area contributed by atoms with E-state index in [2.05, 4.69) is 45.6 Å². The molecule has 0 saturated heterocycles. The smallest absolute Gasteiger partial charge is 0.219 e. The van der Waals surface area contributed by atoms with Crippen molar-refractivity contribution in [2.45, 2.75) is 27.3 Å². The van der Waals surface area contributed by atoms with Gasteiger partial charge in [0.2, 0.25) is 5.88 Å². The van der Waals surface area contributed by atoms with Crippen LogP contribution in [0.1, 0.15) is 22.4 Å². The van der Waals surface area contributed by atoms with Gasteiger partial charge in [0.05, 0.1) is 30.4 Å². The van der Waals surface area contributed by atoms with Gasteiger partial charge in [-0.2, -0.15) is 0 Å². The maximum absolute atomic E-state index is 5.26. The van der Waals surface area contributed by atoms with E-state index in [1.54, 1.807) is 13.4 Å². The third-order valence-corrected chi connectivity index (χ3v) is 3.69. The van der Waals surface area contributed by atoms with Crippen LogP contribution in [0.3, 0.4) is 0 Å². The van der Waals surface area contributed by atoms with E-state index in [1.807, 2.05) is 13.1 Å². The zero-order valence-electron chi connectivity index (χ0n) is 12.7. The lowest BCUT2D eigenvalue weighted by Crippen LogP contribution is -2.05. The summed E-state index contributed by atoms with van der Waals surface area (Å²) < 4.78 is 7.44. The first-order chi connectivity index (χ1) is 10.1. The van der Waals surface area contributed by atoms with Crippen LogP contribution in [0.25, 0.3) is 11.0 Å². The highest BCUT2D eigenvalue weighted by atomic mass is 16.5. The number of hydrogen-bond acceptors (Lipinski definition) is 4. The lowest BCUT2D eigenvalue weighted by molar-refractivity contribution is 0.392. The molecule has 5 heteroatoms. The molecular formula is C16H18N4O. The highest BCUT2D eigenvalue weighted by Crippen LogP contribution is 2.22. The molecule has 3 aromatic heterocycles. The van der Waals surface area contributed by atoms with Crippen LogP contribution in [0.4, 0.5) is 0 Å². The van der Waals surface area contributed by atoms with Gasteiger partial charge in [-0.25, -0.2) is 9.97 Å². The van der Waals surface area contributed by atoms with Crippen LogP contribution in [-0.2, 0) is 6.54 Å². The number of aryl methyl sites for hydroxylation is 2. The zero-order chi connectivity index (χ0) is 15.0. The van der Waals surface area contributed by atoms with E-state index < -0.39 is 0 Å². The monoisotopic (exact) mass is 282 g/mol. The Balaban J connectivity index is 2.08. The van der Waals surface area contributed by atoms with Crippen molar-refractivity contribution in [2.24, 2.45) is 0 Å². The fourth-order valence-electron chi connectivity index (χ4n) is 2.57. The van der Waals surface area contributed by atoms with Gasteiger partial charge in [0.25, 0.3) is 0 Å². The molecule has 0 amide bonds. The van der Waals surface area contributed by atoms with Crippen molar-refractivity contribution in [1.82, 2.24) is 19.5 Å². The molecule has 0 bridgehead atoms. The molecule has 0 aliphatic carbocycles. The van der Waals surface area contributed by atoms with Gasteiger partial charge in [0, 0.05) is 18.0 Å². The van der Waals surface area contributed by atoms with Crippen LogP contribution >= 0.6 is 0 Å². The van der Waals surface area contributed by atoms with Gasteiger partial charge < -0.3 is 9.30 Å². The van der Waals surface area contributed by atoms with Crippen LogP contribution in [0.5, 0.6) is 5.88 Å². The van der Waals surface area contributed by atoms with Crippen LogP contribution < -0.4 is 4.74 Å². The van der Waals surface area contributed by atoms with Crippen molar-refractivity contribution in [3.05, 3.63) is 47.2 Å². The van der Waals surface area contributed by atoms with Crippen molar-refractivity contribution in [3.63, 3.8) is 0 Å². The van der Waals surface area contributed by atoms with E-state index in [0.717, 1.165) is 27.9 Å². The first-order valence-corrected chi connectivity index (χ1v) is 6.86. The molecule has 108 valence electrons. The number of fused-ring (bicyclic) bond motifs is 1. The number of aromatic nitrogens is 4. The second-order valence-electron chi connectivity index (χ2n) is 5.28. The van der Waals surface area contributed by atoms with Crippen LogP contribution in [0.2, 0.25) is 0 Å². The third kappa shape index (κ3) is 2.35. The zero-order valence-corrected chi connectivity index (χ0v) is 12.7.